The molecule has 2 heterocycles. The molecule has 0 bridgehead atoms. The third-order valence-corrected chi connectivity index (χ3v) is 4.41. The molecular weight excluding hydrogens is 378 g/mol. The number of aryl methyl sites for hydroxylation is 1. The number of carbonyl (C=O) groups is 1. The number of nitrogens with zero attached hydrogens (tertiary/aromatic N) is 2. The monoisotopic (exact) mass is 395 g/mol. The van der Waals surface area contributed by atoms with Crippen molar-refractivity contribution in [2.75, 3.05) is 6.61 Å². The van der Waals surface area contributed by atoms with Crippen molar-refractivity contribution in [1.82, 2.24) is 14.9 Å². The number of aliphatic hydroxyl groups is 1. The van der Waals surface area contributed by atoms with E-state index in [0.717, 1.165) is 5.56 Å². The molecule has 6 nitrogen and oxygen atoms in total. The Morgan fingerprint density at radius 3 is 2.71 bits per heavy atom. The highest BCUT2D eigenvalue weighted by molar-refractivity contribution is 6.30. The van der Waals surface area contributed by atoms with Crippen LogP contribution in [0.2, 0.25) is 5.02 Å². The lowest BCUT2D eigenvalue weighted by Gasteiger charge is -2.09. The zero-order chi connectivity index (χ0) is 20.1. The zero-order valence-electron chi connectivity index (χ0n) is 15.2. The van der Waals surface area contributed by atoms with Crippen LogP contribution in [0.5, 0.6) is 0 Å². The predicted molar refractivity (Wildman–Crippen MR) is 108 cm³/mol. The lowest BCUT2D eigenvalue weighted by Crippen LogP contribution is -2.27. The van der Waals surface area contributed by atoms with E-state index < -0.39 is 0 Å². The Morgan fingerprint density at radius 2 is 2.00 bits per heavy atom. The van der Waals surface area contributed by atoms with Gasteiger partial charge in [0, 0.05) is 30.4 Å². The minimum absolute atomic E-state index is 0.0512. The highest BCUT2D eigenvalue weighted by Gasteiger charge is 2.13. The van der Waals surface area contributed by atoms with Gasteiger partial charge in [-0.15, -0.1) is 0 Å². The molecule has 0 fully saturated rings. The van der Waals surface area contributed by atoms with Crippen molar-refractivity contribution in [1.29, 1.82) is 0 Å². The Kier molecular flexibility index (Phi) is 6.09. The Bertz CT molecular complexity index is 1140. The fourth-order valence-electron chi connectivity index (χ4n) is 2.78. The lowest BCUT2D eigenvalue weighted by molar-refractivity contribution is -0.120. The van der Waals surface area contributed by atoms with Gasteiger partial charge in [0.1, 0.15) is 17.8 Å². The molecular formula is C21H18ClN3O3. The van der Waals surface area contributed by atoms with Crippen molar-refractivity contribution < 1.29 is 9.90 Å². The van der Waals surface area contributed by atoms with E-state index in [-0.39, 0.29) is 29.9 Å². The maximum Gasteiger partial charge on any atom is 0.224 e. The van der Waals surface area contributed by atoms with Gasteiger partial charge >= 0.3 is 0 Å². The Labute approximate surface area is 166 Å². The number of fused-ring (bicyclic) bond motifs is 1. The number of rotatable bonds is 4. The fourth-order valence-corrected chi connectivity index (χ4v) is 2.91. The molecule has 142 valence electrons. The normalized spacial score (nSPS) is 10.4. The number of aliphatic hydroxyl groups excluding tert-OH is 1. The molecule has 0 saturated carbocycles. The number of hydrogen-bond acceptors (Lipinski definition) is 4. The molecule has 2 N–H and O–H groups in total. The molecule has 3 aromatic rings. The molecule has 0 aliphatic heterocycles. The first kappa shape index (κ1) is 19.6. The molecule has 28 heavy (non-hydrogen) atoms. The van der Waals surface area contributed by atoms with Gasteiger partial charge in [-0.05, 0) is 35.7 Å². The summed E-state index contributed by atoms with van der Waals surface area (Å²) in [6.07, 6.45) is 1.59. The van der Waals surface area contributed by atoms with Gasteiger partial charge in [0.15, 0.2) is 0 Å². The fraction of sp³-hybridized carbons (Fsp3) is 0.190. The molecule has 0 aliphatic rings. The van der Waals surface area contributed by atoms with Crippen molar-refractivity contribution >= 4 is 28.5 Å². The van der Waals surface area contributed by atoms with Crippen molar-refractivity contribution in [2.45, 2.75) is 13.0 Å². The molecule has 0 atom stereocenters. The standard InChI is InChI=1S/C21H18ClN3O3/c1-25-13-15(11-19(27)23-12-14-4-6-16(22)7-5-14)21(28)20-18(25)9-8-17(24-20)3-2-10-26/h4-9,13,26H,10-12H2,1H3,(H,23,27). The second-order valence-electron chi connectivity index (χ2n) is 6.20. The Hall–Kier alpha value is -3.14. The van der Waals surface area contributed by atoms with Crippen LogP contribution in [0.25, 0.3) is 11.0 Å². The molecule has 7 heteroatoms. The van der Waals surface area contributed by atoms with E-state index in [9.17, 15) is 9.59 Å². The molecule has 1 aromatic carbocycles. The van der Waals surface area contributed by atoms with Gasteiger partial charge in [-0.2, -0.15) is 0 Å². The van der Waals surface area contributed by atoms with E-state index in [4.69, 9.17) is 16.7 Å². The van der Waals surface area contributed by atoms with E-state index in [0.29, 0.717) is 28.3 Å². The number of hydrogen-bond donors (Lipinski definition) is 2. The summed E-state index contributed by atoms with van der Waals surface area (Å²) in [5, 5.41) is 12.2. The van der Waals surface area contributed by atoms with Crippen LogP contribution in [0.3, 0.4) is 0 Å². The van der Waals surface area contributed by atoms with Crippen molar-refractivity contribution in [3.8, 4) is 11.8 Å². The molecule has 0 unspecified atom stereocenters. The zero-order valence-corrected chi connectivity index (χ0v) is 16.0. The third kappa shape index (κ3) is 4.58. The number of amides is 1. The molecule has 0 aliphatic carbocycles. The van der Waals surface area contributed by atoms with Crippen LogP contribution >= 0.6 is 11.6 Å². The second kappa shape index (κ2) is 8.70. The van der Waals surface area contributed by atoms with Crippen molar-refractivity contribution in [2.24, 2.45) is 7.05 Å². The Balaban J connectivity index is 1.81. The minimum Gasteiger partial charge on any atom is -0.384 e. The second-order valence-corrected chi connectivity index (χ2v) is 6.63. The summed E-state index contributed by atoms with van der Waals surface area (Å²) < 4.78 is 1.76. The summed E-state index contributed by atoms with van der Waals surface area (Å²) in [6.45, 7) is 0.0641. The third-order valence-electron chi connectivity index (χ3n) is 4.16. The first-order chi connectivity index (χ1) is 13.5. The summed E-state index contributed by atoms with van der Waals surface area (Å²) in [4.78, 5) is 29.4. The van der Waals surface area contributed by atoms with Crippen LogP contribution in [0.1, 0.15) is 16.8 Å². The first-order valence-corrected chi connectivity index (χ1v) is 8.96. The average Bonchev–Trinajstić information content (AvgIpc) is 2.69. The maximum absolute atomic E-state index is 12.8. The Morgan fingerprint density at radius 1 is 1.25 bits per heavy atom. The van der Waals surface area contributed by atoms with Crippen LogP contribution in [-0.2, 0) is 24.8 Å². The molecule has 1 amide bonds. The summed E-state index contributed by atoms with van der Waals surface area (Å²) in [7, 11) is 1.79. The molecule has 2 aromatic heterocycles. The van der Waals surface area contributed by atoms with Crippen LogP contribution in [0.15, 0.2) is 47.4 Å². The number of carbonyl (C=O) groups excluding carboxylic acids is 1. The van der Waals surface area contributed by atoms with Crippen molar-refractivity contribution in [3.63, 3.8) is 0 Å². The SMILES string of the molecule is Cn1cc(CC(=O)NCc2ccc(Cl)cc2)c(=O)c2nc(C#CCO)ccc21. The summed E-state index contributed by atoms with van der Waals surface area (Å²) in [5.41, 5.74) is 2.24. The molecule has 3 rings (SSSR count). The van der Waals surface area contributed by atoms with Gasteiger partial charge in [-0.3, -0.25) is 9.59 Å². The van der Waals surface area contributed by atoms with Crippen molar-refractivity contribution in [3.05, 3.63) is 74.7 Å². The number of pyridine rings is 2. The highest BCUT2D eigenvalue weighted by atomic mass is 35.5. The maximum atomic E-state index is 12.8. The molecule has 0 radical (unpaired) electrons. The van der Waals surface area contributed by atoms with Gasteiger partial charge in [0.05, 0.1) is 11.9 Å². The smallest absolute Gasteiger partial charge is 0.224 e. The van der Waals surface area contributed by atoms with Crippen LogP contribution < -0.4 is 10.7 Å². The number of nitrogens with one attached hydrogen (secondary N) is 1. The molecule has 0 saturated heterocycles. The van der Waals surface area contributed by atoms with Gasteiger partial charge in [-0.1, -0.05) is 29.7 Å². The van der Waals surface area contributed by atoms with E-state index in [1.807, 2.05) is 12.1 Å². The van der Waals surface area contributed by atoms with Crippen LogP contribution in [0.4, 0.5) is 0 Å². The number of aromatic nitrogens is 2. The highest BCUT2D eigenvalue weighted by Crippen LogP contribution is 2.11. The topological polar surface area (TPSA) is 84.2 Å². The van der Waals surface area contributed by atoms with Gasteiger partial charge in [0.2, 0.25) is 11.3 Å². The molecule has 0 spiro atoms. The van der Waals surface area contributed by atoms with E-state index in [2.05, 4.69) is 22.1 Å². The van der Waals surface area contributed by atoms with E-state index in [1.165, 1.54) is 0 Å². The summed E-state index contributed by atoms with van der Waals surface area (Å²) in [6, 6.07) is 10.6. The minimum atomic E-state index is -0.303. The number of halogens is 1. The number of benzene rings is 1. The summed E-state index contributed by atoms with van der Waals surface area (Å²) >= 11 is 5.85. The van der Waals surface area contributed by atoms with Gasteiger partial charge in [-0.25, -0.2) is 4.98 Å². The van der Waals surface area contributed by atoms with E-state index >= 15 is 0 Å². The van der Waals surface area contributed by atoms with Gasteiger partial charge < -0.3 is 15.0 Å². The first-order valence-electron chi connectivity index (χ1n) is 8.58. The predicted octanol–water partition coefficient (Wildman–Crippen LogP) is 1.79. The average molecular weight is 396 g/mol. The van der Waals surface area contributed by atoms with Crippen LogP contribution in [-0.4, -0.2) is 27.2 Å². The van der Waals surface area contributed by atoms with Crippen LogP contribution in [0, 0.1) is 11.8 Å². The van der Waals surface area contributed by atoms with E-state index in [1.54, 1.807) is 42.1 Å². The largest absolute Gasteiger partial charge is 0.384 e. The van der Waals surface area contributed by atoms with Gasteiger partial charge in [0.25, 0.3) is 0 Å². The summed E-state index contributed by atoms with van der Waals surface area (Å²) in [5.74, 6) is 4.93. The lowest BCUT2D eigenvalue weighted by atomic mass is 10.1. The quantitative estimate of drug-likeness (QED) is 0.660.